The molecule has 0 aliphatic carbocycles. The minimum atomic E-state index is -0.142. The van der Waals surface area contributed by atoms with Gasteiger partial charge in [-0.25, -0.2) is 9.98 Å². The fourth-order valence-corrected chi connectivity index (χ4v) is 11.3. The Morgan fingerprint density at radius 1 is 0.535 bits per heavy atom. The third-order valence-electron chi connectivity index (χ3n) is 14.9. The van der Waals surface area contributed by atoms with Gasteiger partial charge >= 0.3 is 0 Å². The van der Waals surface area contributed by atoms with E-state index in [0.717, 1.165) is 85.4 Å². The number of furan rings is 1. The van der Waals surface area contributed by atoms with Gasteiger partial charge in [-0.15, -0.1) is 0 Å². The molecule has 0 fully saturated rings. The van der Waals surface area contributed by atoms with E-state index < -0.39 is 0 Å². The van der Waals surface area contributed by atoms with Gasteiger partial charge in [0.2, 0.25) is 0 Å². The van der Waals surface area contributed by atoms with E-state index in [-0.39, 0.29) is 11.8 Å². The molecule has 0 N–H and O–H groups in total. The summed E-state index contributed by atoms with van der Waals surface area (Å²) in [5, 5.41) is 9.38. The van der Waals surface area contributed by atoms with Crippen molar-refractivity contribution in [2.24, 2.45) is 15.9 Å². The lowest BCUT2D eigenvalue weighted by molar-refractivity contribution is 0.666. The molecule has 0 bridgehead atoms. The second-order valence-corrected chi connectivity index (χ2v) is 19.2. The van der Waals surface area contributed by atoms with Crippen molar-refractivity contribution in [3.05, 3.63) is 241 Å². The largest absolute Gasteiger partial charge is 0.455 e. The fourth-order valence-electron chi connectivity index (χ4n) is 11.3. The molecule has 3 heterocycles. The molecule has 0 saturated carbocycles. The third-order valence-corrected chi connectivity index (χ3v) is 14.9. The smallest absolute Gasteiger partial charge is 0.146 e. The minimum Gasteiger partial charge on any atom is -0.455 e. The highest BCUT2D eigenvalue weighted by Gasteiger charge is 2.30. The summed E-state index contributed by atoms with van der Waals surface area (Å²) in [6.45, 7) is 6.81. The number of hydrogen-bond acceptors (Lipinski definition) is 3. The first kappa shape index (κ1) is 42.5. The normalized spacial score (nSPS) is 16.9. The second-order valence-electron chi connectivity index (χ2n) is 19.2. The highest BCUT2D eigenvalue weighted by Crippen LogP contribution is 2.43. The average Bonchev–Trinajstić information content (AvgIpc) is 3.94. The maximum absolute atomic E-state index is 7.15. The van der Waals surface area contributed by atoms with Crippen LogP contribution in [0.3, 0.4) is 0 Å². The predicted octanol–water partition coefficient (Wildman–Crippen LogP) is 18.1. The zero-order valence-corrected chi connectivity index (χ0v) is 40.1. The summed E-state index contributed by atoms with van der Waals surface area (Å²) in [7, 11) is 0. The van der Waals surface area contributed by atoms with E-state index >= 15 is 0 Å². The van der Waals surface area contributed by atoms with Gasteiger partial charge in [-0.05, 0) is 123 Å². The lowest BCUT2D eigenvalue weighted by Crippen LogP contribution is -2.22. The number of benzene rings is 10. The zero-order valence-electron chi connectivity index (χ0n) is 40.1. The maximum Gasteiger partial charge on any atom is 0.146 e. The molecule has 1 aliphatic rings. The summed E-state index contributed by atoms with van der Waals surface area (Å²) in [5.74, 6) is 0.602. The monoisotopic (exact) mass is 913 g/mol. The number of hydrogen-bond donors (Lipinski definition) is 0. The Labute approximate surface area is 413 Å². The number of amidine groups is 1. The molecule has 71 heavy (non-hydrogen) atoms. The van der Waals surface area contributed by atoms with Gasteiger partial charge in [-0.1, -0.05) is 184 Å². The van der Waals surface area contributed by atoms with Gasteiger partial charge in [0, 0.05) is 38.9 Å². The molecule has 1 aliphatic heterocycles. The van der Waals surface area contributed by atoms with Crippen LogP contribution < -0.4 is 0 Å². The summed E-state index contributed by atoms with van der Waals surface area (Å²) >= 11 is 0. The molecule has 4 nitrogen and oxygen atoms in total. The molecule has 2 atom stereocenters. The molecular formula is C67H51N3O. The quantitative estimate of drug-likeness (QED) is 0.150. The molecule has 0 amide bonds. The number of allylic oxidation sites excluding steroid dienone is 1. The van der Waals surface area contributed by atoms with Gasteiger partial charge in [0.15, 0.2) is 0 Å². The standard InChI is InChI=1S/C67H51N3O/c1-4-51(53-29-14-15-30-54(53)52-28-13-8-19-42(52)2)67-68-59(50-27-18-26-45(37-50)44-20-6-5-7-21-44)35-33-43(3)65(69-67)64-60(36-34-56-55-31-16-17-32-63(55)71-66(56)64)70-61-40-48-24-11-9-22-46(48)38-57(61)58-39-47-23-10-12-25-49(47)41-62(58)70/h5-32,34-41,43,51H,4,33H2,1-3H3/b59-35+,68-67-,69-65+. The molecule has 2 aromatic heterocycles. The fraction of sp³-hybridized carbons (Fsp3) is 0.104. The molecule has 4 heteroatoms. The Balaban J connectivity index is 1.12. The number of aromatic nitrogens is 1. The van der Waals surface area contributed by atoms with Crippen LogP contribution in [0.4, 0.5) is 0 Å². The maximum atomic E-state index is 7.15. The van der Waals surface area contributed by atoms with Crippen LogP contribution in [0.1, 0.15) is 54.9 Å². The molecule has 10 aromatic carbocycles. The van der Waals surface area contributed by atoms with Crippen molar-refractivity contribution in [1.29, 1.82) is 0 Å². The van der Waals surface area contributed by atoms with Gasteiger partial charge in [0.05, 0.1) is 33.7 Å². The first-order valence-corrected chi connectivity index (χ1v) is 25.0. The summed E-state index contributed by atoms with van der Waals surface area (Å²) in [6.07, 6.45) is 3.86. The number of nitrogens with zero attached hydrogens (tertiary/aromatic N) is 3. The first-order valence-electron chi connectivity index (χ1n) is 25.0. The van der Waals surface area contributed by atoms with Crippen LogP contribution >= 0.6 is 0 Å². The minimum absolute atomic E-state index is 0.0377. The summed E-state index contributed by atoms with van der Waals surface area (Å²) < 4.78 is 9.64. The first-order chi connectivity index (χ1) is 35.0. The van der Waals surface area contributed by atoms with Crippen molar-refractivity contribution in [2.75, 3.05) is 0 Å². The van der Waals surface area contributed by atoms with Crippen molar-refractivity contribution >= 4 is 82.5 Å². The Morgan fingerprint density at radius 2 is 1.14 bits per heavy atom. The number of fused-ring (bicyclic) bond motifs is 8. The SMILES string of the molecule is CCC(C1=N/C(c2cccc(-c3ccccc3)c2)=C/CC(C)/C(c2c(-n3c4cc5ccccc5cc4c4cc5ccccc5cc43)ccc3c2oc2ccccc23)=N\1)c1ccccc1-c1ccccc1C. The lowest BCUT2D eigenvalue weighted by Gasteiger charge is -2.25. The van der Waals surface area contributed by atoms with Crippen LogP contribution in [0.5, 0.6) is 0 Å². The van der Waals surface area contributed by atoms with Gasteiger partial charge in [-0.3, -0.25) is 0 Å². The van der Waals surface area contributed by atoms with Crippen LogP contribution in [0.25, 0.3) is 98.9 Å². The lowest BCUT2D eigenvalue weighted by atomic mass is 9.85. The van der Waals surface area contributed by atoms with E-state index in [2.05, 4.69) is 244 Å². The van der Waals surface area contributed by atoms with Crippen molar-refractivity contribution < 1.29 is 4.42 Å². The van der Waals surface area contributed by atoms with E-state index in [1.165, 1.54) is 60.1 Å². The average molecular weight is 914 g/mol. The van der Waals surface area contributed by atoms with Gasteiger partial charge in [-0.2, -0.15) is 0 Å². The molecule has 0 spiro atoms. The van der Waals surface area contributed by atoms with Gasteiger partial charge in [0.1, 0.15) is 17.0 Å². The van der Waals surface area contributed by atoms with Crippen LogP contribution in [0.2, 0.25) is 0 Å². The van der Waals surface area contributed by atoms with Crippen LogP contribution in [0.15, 0.2) is 233 Å². The molecule has 340 valence electrons. The number of para-hydroxylation sites is 1. The van der Waals surface area contributed by atoms with Gasteiger partial charge < -0.3 is 8.98 Å². The van der Waals surface area contributed by atoms with E-state index in [9.17, 15) is 0 Å². The molecule has 0 saturated heterocycles. The van der Waals surface area contributed by atoms with Crippen molar-refractivity contribution in [3.63, 3.8) is 0 Å². The van der Waals surface area contributed by atoms with Crippen molar-refractivity contribution in [3.8, 4) is 27.9 Å². The predicted molar refractivity (Wildman–Crippen MR) is 300 cm³/mol. The summed E-state index contributed by atoms with van der Waals surface area (Å²) in [5.41, 5.74) is 16.1. The Bertz CT molecular complexity index is 4070. The highest BCUT2D eigenvalue weighted by molar-refractivity contribution is 6.23. The Morgan fingerprint density at radius 3 is 1.86 bits per heavy atom. The zero-order chi connectivity index (χ0) is 47.6. The third kappa shape index (κ3) is 7.29. The number of rotatable bonds is 8. The summed E-state index contributed by atoms with van der Waals surface area (Å²) in [4.78, 5) is 11.8. The Kier molecular flexibility index (Phi) is 10.4. The molecule has 13 rings (SSSR count). The van der Waals surface area contributed by atoms with Crippen molar-refractivity contribution in [1.82, 2.24) is 4.57 Å². The second kappa shape index (κ2) is 17.4. The molecule has 12 aromatic rings. The number of aliphatic imine (C=N–C) groups is 2. The Hall–Kier alpha value is -8.60. The molecule has 0 radical (unpaired) electrons. The topological polar surface area (TPSA) is 42.8 Å². The van der Waals surface area contributed by atoms with Crippen LogP contribution in [-0.2, 0) is 0 Å². The highest BCUT2D eigenvalue weighted by atomic mass is 16.3. The number of aryl methyl sites for hydroxylation is 1. The van der Waals surface area contributed by atoms with Crippen LogP contribution in [-0.4, -0.2) is 16.1 Å². The molecule has 2 unspecified atom stereocenters. The summed E-state index contributed by atoms with van der Waals surface area (Å²) in [6, 6.07) is 76.9. The van der Waals surface area contributed by atoms with E-state index in [1.54, 1.807) is 0 Å². The van der Waals surface area contributed by atoms with E-state index in [4.69, 9.17) is 14.4 Å². The van der Waals surface area contributed by atoms with E-state index in [0.29, 0.717) is 0 Å². The van der Waals surface area contributed by atoms with Gasteiger partial charge in [0.25, 0.3) is 0 Å². The molecular weight excluding hydrogens is 863 g/mol. The van der Waals surface area contributed by atoms with Crippen molar-refractivity contribution in [2.45, 2.75) is 39.5 Å². The van der Waals surface area contributed by atoms with E-state index in [1.807, 2.05) is 0 Å². The van der Waals surface area contributed by atoms with Crippen LogP contribution in [0, 0.1) is 12.8 Å².